The summed E-state index contributed by atoms with van der Waals surface area (Å²) in [4.78, 5) is 0. The largest absolute Gasteiger partial charge is 0.383 e. The molecule has 0 N–H and O–H groups in total. The van der Waals surface area contributed by atoms with Crippen LogP contribution >= 0.6 is 0 Å². The third-order valence-corrected chi connectivity index (χ3v) is 1.59. The molecule has 0 saturated heterocycles. The second-order valence-corrected chi connectivity index (χ2v) is 3.80. The third kappa shape index (κ3) is 3.23. The van der Waals surface area contributed by atoms with Crippen molar-refractivity contribution in [1.82, 2.24) is 0 Å². The van der Waals surface area contributed by atoms with E-state index in [1.807, 2.05) is 6.42 Å². The van der Waals surface area contributed by atoms with Gasteiger partial charge in [-0.2, -0.15) is 8.42 Å². The molecule has 4 heteroatoms. The molecule has 0 bridgehead atoms. The van der Waals surface area contributed by atoms with Gasteiger partial charge in [0.2, 0.25) is 0 Å². The Hall–Kier alpha value is -0.770. The van der Waals surface area contributed by atoms with Gasteiger partial charge < -0.3 is 4.18 Å². The molecule has 0 spiro atoms. The average molecular weight is 173 g/mol. The molecule has 0 fully saturated rings. The molecule has 0 aromatic heterocycles. The summed E-state index contributed by atoms with van der Waals surface area (Å²) < 4.78 is 25.8. The molecular weight excluding hydrogens is 164 g/mol. The van der Waals surface area contributed by atoms with Gasteiger partial charge >= 0.3 is 10.1 Å². The summed E-state index contributed by atoms with van der Waals surface area (Å²) in [7, 11) is -3.36. The maximum Gasteiger partial charge on any atom is 0.306 e. The Kier molecular flexibility index (Phi) is 2.34. The zero-order valence-corrected chi connectivity index (χ0v) is 6.97. The summed E-state index contributed by atoms with van der Waals surface area (Å²) in [5.41, 5.74) is 0. The van der Waals surface area contributed by atoms with E-state index in [1.165, 1.54) is 0 Å². The molecule has 0 aliphatic heterocycles. The van der Waals surface area contributed by atoms with Crippen LogP contribution in [-0.4, -0.2) is 14.7 Å². The molecule has 0 unspecified atom stereocenters. The zero-order chi connectivity index (χ0) is 8.32. The van der Waals surface area contributed by atoms with E-state index >= 15 is 0 Å². The van der Waals surface area contributed by atoms with Gasteiger partial charge in [0.15, 0.2) is 0 Å². The molecule has 61 valence electrons. The van der Waals surface area contributed by atoms with Crippen LogP contribution in [0.5, 0.6) is 0 Å². The first-order chi connectivity index (χ1) is 5.08. The fraction of sp³-hybridized carbons (Fsp3) is 0.286. The Morgan fingerprint density at radius 1 is 1.55 bits per heavy atom. The van der Waals surface area contributed by atoms with Crippen molar-refractivity contribution in [2.45, 2.75) is 6.42 Å². The highest BCUT2D eigenvalue weighted by Gasteiger charge is 2.05. The van der Waals surface area contributed by atoms with Crippen molar-refractivity contribution in [3.05, 3.63) is 30.4 Å². The molecule has 0 atom stereocenters. The summed E-state index contributed by atoms with van der Waals surface area (Å²) >= 11 is 0. The van der Waals surface area contributed by atoms with Crippen LogP contribution in [0.25, 0.3) is 0 Å². The Morgan fingerprint density at radius 3 is 2.73 bits per heavy atom. The smallest absolute Gasteiger partial charge is 0.306 e. The minimum atomic E-state index is -3.36. The van der Waals surface area contributed by atoms with E-state index in [0.29, 0.717) is 5.76 Å². The lowest BCUT2D eigenvalue weighted by atomic mass is 10.2. The Bertz CT molecular complexity index is 285. The van der Waals surface area contributed by atoms with Crippen molar-refractivity contribution in [3.63, 3.8) is 0 Å². The first-order valence-electron chi connectivity index (χ1n) is 3.17. The van der Waals surface area contributed by atoms with Crippen LogP contribution in [0.2, 0.25) is 0 Å². The lowest BCUT2D eigenvalue weighted by Gasteiger charge is -2.05. The number of rotatable bonds is 2. The molecule has 1 aliphatic rings. The van der Waals surface area contributed by atoms with E-state index in [9.17, 15) is 8.42 Å². The van der Waals surface area contributed by atoms with Gasteiger partial charge in [-0.15, -0.1) is 0 Å². The van der Waals surface area contributed by atoms with Crippen molar-refractivity contribution in [3.8, 4) is 0 Å². The topological polar surface area (TPSA) is 43.4 Å². The Labute approximate surface area is 66.5 Å². The number of hydrogen-bond donors (Lipinski definition) is 0. The fourth-order valence-electron chi connectivity index (χ4n) is 0.730. The van der Waals surface area contributed by atoms with Crippen LogP contribution in [0.1, 0.15) is 6.42 Å². The Balaban J connectivity index is 2.64. The molecule has 11 heavy (non-hydrogen) atoms. The highest BCUT2D eigenvalue weighted by Crippen LogP contribution is 2.11. The molecule has 0 heterocycles. The lowest BCUT2D eigenvalue weighted by molar-refractivity contribution is 0.423. The van der Waals surface area contributed by atoms with Crippen molar-refractivity contribution in [2.75, 3.05) is 6.26 Å². The molecule has 0 saturated carbocycles. The molecule has 0 aromatic rings. The van der Waals surface area contributed by atoms with Gasteiger partial charge in [0, 0.05) is 0 Å². The quantitative estimate of drug-likeness (QED) is 0.585. The van der Waals surface area contributed by atoms with E-state index in [4.69, 9.17) is 0 Å². The molecule has 1 aliphatic carbocycles. The summed E-state index contributed by atoms with van der Waals surface area (Å²) in [5, 5.41) is 0. The highest BCUT2D eigenvalue weighted by molar-refractivity contribution is 7.86. The van der Waals surface area contributed by atoms with Crippen LogP contribution in [0.4, 0.5) is 0 Å². The fourth-order valence-corrected chi connectivity index (χ4v) is 1.20. The minimum Gasteiger partial charge on any atom is -0.383 e. The maximum atomic E-state index is 10.6. The normalized spacial score (nSPS) is 17.7. The van der Waals surface area contributed by atoms with Crippen LogP contribution in [0, 0.1) is 6.42 Å². The molecule has 1 rings (SSSR count). The summed E-state index contributed by atoms with van der Waals surface area (Å²) in [6, 6.07) is 0. The van der Waals surface area contributed by atoms with Gasteiger partial charge in [-0.3, -0.25) is 0 Å². The van der Waals surface area contributed by atoms with Crippen LogP contribution < -0.4 is 0 Å². The standard InChI is InChI=1S/C7H9O3S/c1-11(8,9)10-7-5-3-2-4-6-7/h2-3,5-6H,4H2,1H3. The van der Waals surface area contributed by atoms with E-state index in [-0.39, 0.29) is 0 Å². The van der Waals surface area contributed by atoms with Crippen molar-refractivity contribution >= 4 is 10.1 Å². The van der Waals surface area contributed by atoms with Gasteiger partial charge in [-0.1, -0.05) is 6.08 Å². The lowest BCUT2D eigenvalue weighted by Crippen LogP contribution is -2.02. The van der Waals surface area contributed by atoms with Crippen molar-refractivity contribution in [1.29, 1.82) is 0 Å². The van der Waals surface area contributed by atoms with Gasteiger partial charge in [0.25, 0.3) is 0 Å². The first-order valence-corrected chi connectivity index (χ1v) is 4.99. The Morgan fingerprint density at radius 2 is 2.27 bits per heavy atom. The van der Waals surface area contributed by atoms with Gasteiger partial charge in [0.1, 0.15) is 5.76 Å². The van der Waals surface area contributed by atoms with Crippen LogP contribution in [0.15, 0.2) is 24.0 Å². The maximum absolute atomic E-state index is 10.6. The predicted molar refractivity (Wildman–Crippen MR) is 42.1 cm³/mol. The van der Waals surface area contributed by atoms with Crippen molar-refractivity contribution < 1.29 is 12.6 Å². The summed E-state index contributed by atoms with van der Waals surface area (Å²) in [6.45, 7) is 0. The monoisotopic (exact) mass is 173 g/mol. The van der Waals surface area contributed by atoms with Gasteiger partial charge in [-0.25, -0.2) is 0 Å². The van der Waals surface area contributed by atoms with E-state index in [0.717, 1.165) is 12.7 Å². The predicted octanol–water partition coefficient (Wildman–Crippen LogP) is 1.01. The molecule has 0 aromatic carbocycles. The summed E-state index contributed by atoms with van der Waals surface area (Å²) in [6.07, 6.45) is 8.75. The third-order valence-electron chi connectivity index (χ3n) is 1.10. The highest BCUT2D eigenvalue weighted by atomic mass is 32.2. The van der Waals surface area contributed by atoms with E-state index in [2.05, 4.69) is 4.18 Å². The SMILES string of the molecule is CS(=O)(=O)OC1=CC[CH]C=C1. The van der Waals surface area contributed by atoms with Gasteiger partial charge in [-0.05, 0) is 25.0 Å². The van der Waals surface area contributed by atoms with Crippen LogP contribution in [-0.2, 0) is 14.3 Å². The van der Waals surface area contributed by atoms with Crippen LogP contribution in [0.3, 0.4) is 0 Å². The summed E-state index contributed by atoms with van der Waals surface area (Å²) in [5.74, 6) is 0.398. The molecule has 1 radical (unpaired) electrons. The zero-order valence-electron chi connectivity index (χ0n) is 6.15. The van der Waals surface area contributed by atoms with Crippen molar-refractivity contribution in [2.24, 2.45) is 0 Å². The molecule has 0 amide bonds. The average Bonchev–Trinajstić information content (AvgIpc) is 1.85. The second kappa shape index (κ2) is 3.09. The first kappa shape index (κ1) is 8.33. The molecular formula is C7H9O3S. The van der Waals surface area contributed by atoms with E-state index in [1.54, 1.807) is 18.2 Å². The minimum absolute atomic E-state index is 0.398. The van der Waals surface area contributed by atoms with Gasteiger partial charge in [0.05, 0.1) is 6.26 Å². The second-order valence-electron chi connectivity index (χ2n) is 2.22. The number of allylic oxidation sites excluding steroid dienone is 3. The molecule has 3 nitrogen and oxygen atoms in total. The van der Waals surface area contributed by atoms with E-state index < -0.39 is 10.1 Å². The number of hydrogen-bond acceptors (Lipinski definition) is 3.